The molecule has 0 bridgehead atoms. The van der Waals surface area contributed by atoms with Gasteiger partial charge in [-0.25, -0.2) is 4.79 Å². The second-order valence-corrected chi connectivity index (χ2v) is 5.29. The van der Waals surface area contributed by atoms with Crippen LogP contribution in [0.5, 0.6) is 0 Å². The number of esters is 1. The fraction of sp³-hybridized carbons (Fsp3) is 0.375. The molecule has 8 heteroatoms. The molecule has 8 nitrogen and oxygen atoms in total. The van der Waals surface area contributed by atoms with Gasteiger partial charge < -0.3 is 15.4 Å². The Labute approximate surface area is 139 Å². The maximum absolute atomic E-state index is 12.0. The minimum atomic E-state index is -1.09. The predicted octanol–water partition coefficient (Wildman–Crippen LogP) is -0.171. The van der Waals surface area contributed by atoms with E-state index in [1.165, 1.54) is 6.92 Å². The highest BCUT2D eigenvalue weighted by Gasteiger charge is 2.31. The molecule has 0 radical (unpaired) electrons. The van der Waals surface area contributed by atoms with E-state index in [0.29, 0.717) is 6.54 Å². The molecule has 4 amide bonds. The quantitative estimate of drug-likeness (QED) is 0.703. The maximum atomic E-state index is 12.0. The minimum absolute atomic E-state index is 0.149. The molecule has 1 fully saturated rings. The molecule has 1 aromatic rings. The Morgan fingerprint density at radius 2 is 2.00 bits per heavy atom. The van der Waals surface area contributed by atoms with Crippen molar-refractivity contribution >= 4 is 23.8 Å². The average molecular weight is 333 g/mol. The lowest BCUT2D eigenvalue weighted by Gasteiger charge is -2.18. The maximum Gasteiger partial charge on any atom is 0.326 e. The molecule has 0 aliphatic carbocycles. The first-order valence-corrected chi connectivity index (χ1v) is 7.56. The van der Waals surface area contributed by atoms with Gasteiger partial charge in [0.15, 0.2) is 6.10 Å². The Hall–Kier alpha value is -2.90. The number of carbonyl (C=O) groups is 4. The van der Waals surface area contributed by atoms with E-state index in [-0.39, 0.29) is 25.4 Å². The number of hydrogen-bond acceptors (Lipinski definition) is 5. The minimum Gasteiger partial charge on any atom is -0.451 e. The monoisotopic (exact) mass is 333 g/mol. The van der Waals surface area contributed by atoms with Gasteiger partial charge in [-0.05, 0) is 12.5 Å². The number of benzene rings is 1. The average Bonchev–Trinajstić information content (AvgIpc) is 2.99. The summed E-state index contributed by atoms with van der Waals surface area (Å²) in [6.07, 6.45) is -0.941. The summed E-state index contributed by atoms with van der Waals surface area (Å²) in [6, 6.07) is 8.59. The number of nitrogens with one attached hydrogen (secondary N) is 2. The number of rotatable bonds is 6. The summed E-state index contributed by atoms with van der Waals surface area (Å²) in [5.74, 6) is -1.65. The number of nitrogens with zero attached hydrogens (tertiary/aromatic N) is 1. The molecule has 0 spiro atoms. The van der Waals surface area contributed by atoms with E-state index in [9.17, 15) is 19.2 Å². The van der Waals surface area contributed by atoms with Gasteiger partial charge in [0.25, 0.3) is 5.91 Å². The van der Waals surface area contributed by atoms with Crippen molar-refractivity contribution in [2.24, 2.45) is 0 Å². The Morgan fingerprint density at radius 1 is 1.29 bits per heavy atom. The SMILES string of the molecule is C[C@H](OC(=O)CNC(=O)Cc1ccccc1)C(=O)N1CCNC1=O. The Balaban J connectivity index is 1.73. The molecule has 128 valence electrons. The fourth-order valence-corrected chi connectivity index (χ4v) is 2.21. The van der Waals surface area contributed by atoms with Crippen LogP contribution in [-0.2, 0) is 25.5 Å². The number of urea groups is 1. The van der Waals surface area contributed by atoms with Crippen LogP contribution in [0.1, 0.15) is 12.5 Å². The van der Waals surface area contributed by atoms with Gasteiger partial charge in [0.2, 0.25) is 5.91 Å². The summed E-state index contributed by atoms with van der Waals surface area (Å²) in [4.78, 5) is 47.8. The van der Waals surface area contributed by atoms with E-state index < -0.39 is 24.0 Å². The lowest BCUT2D eigenvalue weighted by molar-refractivity contribution is -0.157. The number of hydrogen-bond donors (Lipinski definition) is 2. The Bertz CT molecular complexity index is 632. The third-order valence-corrected chi connectivity index (χ3v) is 3.42. The van der Waals surface area contributed by atoms with Crippen molar-refractivity contribution < 1.29 is 23.9 Å². The van der Waals surface area contributed by atoms with Crippen LogP contribution in [-0.4, -0.2) is 54.5 Å². The van der Waals surface area contributed by atoms with Crippen LogP contribution < -0.4 is 10.6 Å². The summed E-state index contributed by atoms with van der Waals surface area (Å²) in [5.41, 5.74) is 0.826. The van der Waals surface area contributed by atoms with E-state index in [4.69, 9.17) is 4.74 Å². The summed E-state index contributed by atoms with van der Waals surface area (Å²) >= 11 is 0. The zero-order chi connectivity index (χ0) is 17.5. The molecule has 0 saturated carbocycles. The molecule has 1 aromatic carbocycles. The largest absolute Gasteiger partial charge is 0.451 e. The highest BCUT2D eigenvalue weighted by Crippen LogP contribution is 2.04. The van der Waals surface area contributed by atoms with Crippen molar-refractivity contribution in [2.45, 2.75) is 19.4 Å². The summed E-state index contributed by atoms with van der Waals surface area (Å²) < 4.78 is 4.95. The van der Waals surface area contributed by atoms with E-state index >= 15 is 0 Å². The van der Waals surface area contributed by atoms with Crippen LogP contribution in [0.3, 0.4) is 0 Å². The van der Waals surface area contributed by atoms with E-state index in [1.807, 2.05) is 18.2 Å². The van der Waals surface area contributed by atoms with Crippen LogP contribution in [0, 0.1) is 0 Å². The highest BCUT2D eigenvalue weighted by atomic mass is 16.5. The van der Waals surface area contributed by atoms with Gasteiger partial charge in [-0.3, -0.25) is 19.3 Å². The van der Waals surface area contributed by atoms with Gasteiger partial charge in [-0.15, -0.1) is 0 Å². The molecule has 1 heterocycles. The number of imide groups is 1. The molecule has 0 aromatic heterocycles. The lowest BCUT2D eigenvalue weighted by Crippen LogP contribution is -2.43. The first-order chi connectivity index (χ1) is 11.5. The first kappa shape index (κ1) is 17.5. The molecule has 1 atom stereocenters. The van der Waals surface area contributed by atoms with Gasteiger partial charge in [0.05, 0.1) is 6.42 Å². The highest BCUT2D eigenvalue weighted by molar-refractivity contribution is 5.98. The molecule has 1 aliphatic heterocycles. The van der Waals surface area contributed by atoms with Gasteiger partial charge in [0.1, 0.15) is 6.54 Å². The second-order valence-electron chi connectivity index (χ2n) is 5.29. The smallest absolute Gasteiger partial charge is 0.326 e. The molecule has 0 unspecified atom stereocenters. The van der Waals surface area contributed by atoms with E-state index in [2.05, 4.69) is 10.6 Å². The topological polar surface area (TPSA) is 105 Å². The summed E-state index contributed by atoms with van der Waals surface area (Å²) in [6.45, 7) is 1.67. The summed E-state index contributed by atoms with van der Waals surface area (Å²) in [5, 5.41) is 4.93. The van der Waals surface area contributed by atoms with Gasteiger partial charge in [-0.2, -0.15) is 0 Å². The standard InChI is InChI=1S/C16H19N3O5/c1-11(15(22)19-8-7-17-16(19)23)24-14(21)10-18-13(20)9-12-5-3-2-4-6-12/h2-6,11H,7-10H2,1H3,(H,17,23)(H,18,20)/t11-/m0/s1. The normalized spacial score (nSPS) is 14.7. The van der Waals surface area contributed by atoms with E-state index in [0.717, 1.165) is 10.5 Å². The van der Waals surface area contributed by atoms with Crippen molar-refractivity contribution in [3.05, 3.63) is 35.9 Å². The van der Waals surface area contributed by atoms with Crippen molar-refractivity contribution in [1.29, 1.82) is 0 Å². The van der Waals surface area contributed by atoms with Crippen molar-refractivity contribution in [3.8, 4) is 0 Å². The molecule has 24 heavy (non-hydrogen) atoms. The number of ether oxygens (including phenoxy) is 1. The molecule has 1 saturated heterocycles. The Kier molecular flexibility index (Phi) is 5.89. The van der Waals surface area contributed by atoms with Crippen LogP contribution in [0.4, 0.5) is 4.79 Å². The first-order valence-electron chi connectivity index (χ1n) is 7.56. The third-order valence-electron chi connectivity index (χ3n) is 3.42. The second kappa shape index (κ2) is 8.09. The zero-order valence-electron chi connectivity index (χ0n) is 13.3. The fourth-order valence-electron chi connectivity index (χ4n) is 2.21. The lowest BCUT2D eigenvalue weighted by atomic mass is 10.1. The van der Waals surface area contributed by atoms with Gasteiger partial charge in [-0.1, -0.05) is 30.3 Å². The van der Waals surface area contributed by atoms with Gasteiger partial charge >= 0.3 is 12.0 Å². The number of amides is 4. The van der Waals surface area contributed by atoms with Crippen LogP contribution in [0.2, 0.25) is 0 Å². The molecular weight excluding hydrogens is 314 g/mol. The van der Waals surface area contributed by atoms with Crippen molar-refractivity contribution in [3.63, 3.8) is 0 Å². The van der Waals surface area contributed by atoms with Crippen LogP contribution in [0.15, 0.2) is 30.3 Å². The predicted molar refractivity (Wildman–Crippen MR) is 83.8 cm³/mol. The van der Waals surface area contributed by atoms with E-state index in [1.54, 1.807) is 12.1 Å². The molecule has 2 N–H and O–H groups in total. The zero-order valence-corrected chi connectivity index (χ0v) is 13.3. The van der Waals surface area contributed by atoms with Crippen molar-refractivity contribution in [1.82, 2.24) is 15.5 Å². The van der Waals surface area contributed by atoms with Crippen LogP contribution >= 0.6 is 0 Å². The Morgan fingerprint density at radius 3 is 2.62 bits per heavy atom. The molecule has 2 rings (SSSR count). The van der Waals surface area contributed by atoms with Crippen LogP contribution in [0.25, 0.3) is 0 Å². The molecular formula is C16H19N3O5. The third kappa shape index (κ3) is 4.80. The number of carbonyl (C=O) groups excluding carboxylic acids is 4. The van der Waals surface area contributed by atoms with Gasteiger partial charge in [0, 0.05) is 13.1 Å². The van der Waals surface area contributed by atoms with Crippen molar-refractivity contribution in [2.75, 3.05) is 19.6 Å². The molecule has 1 aliphatic rings. The summed E-state index contributed by atoms with van der Waals surface area (Å²) in [7, 11) is 0.